The van der Waals surface area contributed by atoms with E-state index in [1.807, 2.05) is 6.92 Å². The highest BCUT2D eigenvalue weighted by Crippen LogP contribution is 2.43. The summed E-state index contributed by atoms with van der Waals surface area (Å²) >= 11 is 0. The maximum atomic E-state index is 12.2. The first-order valence-electron chi connectivity index (χ1n) is 13.5. The van der Waals surface area contributed by atoms with Crippen molar-refractivity contribution in [1.82, 2.24) is 0 Å². The molecule has 10 nitrogen and oxygen atoms in total. The SMILES string of the molecule is CCCCCCCCCCCCCCC(=O)OC(COC(=O)CCC)COP(=O)(O)OCC(O)CO. The van der Waals surface area contributed by atoms with Gasteiger partial charge < -0.3 is 24.6 Å². The van der Waals surface area contributed by atoms with Crippen molar-refractivity contribution < 1.29 is 47.8 Å². The summed E-state index contributed by atoms with van der Waals surface area (Å²) in [5, 5.41) is 18.0. The number of ether oxygens (including phenoxy) is 2. The number of hydrogen-bond acceptors (Lipinski definition) is 9. The molecule has 0 rings (SSSR count). The zero-order valence-corrected chi connectivity index (χ0v) is 23.1. The summed E-state index contributed by atoms with van der Waals surface area (Å²) in [6.45, 7) is 1.93. The lowest BCUT2D eigenvalue weighted by Crippen LogP contribution is -2.29. The monoisotopic (exact) mass is 540 g/mol. The van der Waals surface area contributed by atoms with Crippen LogP contribution in [0.15, 0.2) is 0 Å². The fraction of sp³-hybridized carbons (Fsp3) is 0.920. The molecule has 0 aromatic rings. The Bertz CT molecular complexity index is 601. The van der Waals surface area contributed by atoms with Gasteiger partial charge in [0.25, 0.3) is 0 Å². The summed E-state index contributed by atoms with van der Waals surface area (Å²) in [4.78, 5) is 33.6. The maximum absolute atomic E-state index is 12.2. The lowest BCUT2D eigenvalue weighted by molar-refractivity contribution is -0.161. The minimum Gasteiger partial charge on any atom is -0.462 e. The first-order chi connectivity index (χ1) is 17.2. The van der Waals surface area contributed by atoms with E-state index in [-0.39, 0.29) is 19.4 Å². The first kappa shape index (κ1) is 35.0. The number of unbranched alkanes of at least 4 members (excludes halogenated alkanes) is 11. The number of aliphatic hydroxyl groups is 2. The van der Waals surface area contributed by atoms with E-state index in [0.717, 1.165) is 19.3 Å². The van der Waals surface area contributed by atoms with Crippen LogP contribution in [-0.2, 0) is 32.7 Å². The molecular weight excluding hydrogens is 491 g/mol. The molecule has 0 aromatic carbocycles. The van der Waals surface area contributed by atoms with Gasteiger partial charge in [-0.05, 0) is 12.8 Å². The topological polar surface area (TPSA) is 149 Å². The quantitative estimate of drug-likeness (QED) is 0.0836. The van der Waals surface area contributed by atoms with Gasteiger partial charge in [-0.3, -0.25) is 18.6 Å². The summed E-state index contributed by atoms with van der Waals surface area (Å²) in [7, 11) is -4.57. The number of hydrogen-bond donors (Lipinski definition) is 3. The largest absolute Gasteiger partial charge is 0.472 e. The normalized spacial score (nSPS) is 14.7. The van der Waals surface area contributed by atoms with Gasteiger partial charge in [0.2, 0.25) is 0 Å². The summed E-state index contributed by atoms with van der Waals surface area (Å²) in [6.07, 6.45) is 12.6. The number of aliphatic hydroxyl groups excluding tert-OH is 2. The van der Waals surface area contributed by atoms with E-state index in [9.17, 15) is 24.2 Å². The van der Waals surface area contributed by atoms with Crippen LogP contribution in [0.25, 0.3) is 0 Å². The molecule has 3 N–H and O–H groups in total. The Balaban J connectivity index is 4.25. The molecule has 0 heterocycles. The Labute approximate surface area is 216 Å². The highest BCUT2D eigenvalue weighted by atomic mass is 31.2. The summed E-state index contributed by atoms with van der Waals surface area (Å²) in [5.41, 5.74) is 0. The minimum absolute atomic E-state index is 0.187. The average Bonchev–Trinajstić information content (AvgIpc) is 2.85. The fourth-order valence-electron chi connectivity index (χ4n) is 3.38. The van der Waals surface area contributed by atoms with Crippen molar-refractivity contribution in [3.63, 3.8) is 0 Å². The summed E-state index contributed by atoms with van der Waals surface area (Å²) < 4.78 is 31.7. The Morgan fingerprint density at radius 1 is 0.722 bits per heavy atom. The van der Waals surface area contributed by atoms with Gasteiger partial charge in [-0.2, -0.15) is 0 Å². The van der Waals surface area contributed by atoms with E-state index >= 15 is 0 Å². The molecule has 0 aromatic heterocycles. The van der Waals surface area contributed by atoms with E-state index in [2.05, 4.69) is 11.4 Å². The van der Waals surface area contributed by atoms with Crippen molar-refractivity contribution in [2.75, 3.05) is 26.4 Å². The van der Waals surface area contributed by atoms with Crippen molar-refractivity contribution >= 4 is 19.8 Å². The van der Waals surface area contributed by atoms with Gasteiger partial charge in [0.15, 0.2) is 6.10 Å². The van der Waals surface area contributed by atoms with Crippen molar-refractivity contribution in [2.45, 2.75) is 122 Å². The van der Waals surface area contributed by atoms with Gasteiger partial charge in [-0.1, -0.05) is 84.5 Å². The van der Waals surface area contributed by atoms with Crippen LogP contribution in [0.4, 0.5) is 0 Å². The van der Waals surface area contributed by atoms with Crippen molar-refractivity contribution in [3.8, 4) is 0 Å². The fourth-order valence-corrected chi connectivity index (χ4v) is 4.17. The van der Waals surface area contributed by atoms with Crippen LogP contribution >= 0.6 is 7.82 Å². The maximum Gasteiger partial charge on any atom is 0.472 e. The second-order valence-corrected chi connectivity index (χ2v) is 10.5. The lowest BCUT2D eigenvalue weighted by Gasteiger charge is -2.20. The standard InChI is InChI=1S/C25H49O10P/c1-3-5-6-7-8-9-10-11-12-13-14-15-17-25(29)35-23(20-32-24(28)16-4-2)21-34-36(30,31)33-19-22(27)18-26/h22-23,26-27H,3-21H2,1-2H3,(H,30,31). The lowest BCUT2D eigenvalue weighted by atomic mass is 10.0. The second-order valence-electron chi connectivity index (χ2n) is 9.08. The molecule has 36 heavy (non-hydrogen) atoms. The van der Waals surface area contributed by atoms with Gasteiger partial charge in [0.1, 0.15) is 12.7 Å². The molecular formula is C25H49O10P. The predicted molar refractivity (Wildman–Crippen MR) is 136 cm³/mol. The number of rotatable bonds is 25. The summed E-state index contributed by atoms with van der Waals surface area (Å²) in [5.74, 6) is -0.986. The molecule has 0 saturated carbocycles. The van der Waals surface area contributed by atoms with Crippen molar-refractivity contribution in [2.24, 2.45) is 0 Å². The molecule has 0 fully saturated rings. The average molecular weight is 541 g/mol. The Hall–Kier alpha value is -1.03. The van der Waals surface area contributed by atoms with E-state index in [1.165, 1.54) is 51.4 Å². The number of phosphoric ester groups is 1. The molecule has 0 aliphatic carbocycles. The van der Waals surface area contributed by atoms with Crippen LogP contribution in [-0.4, -0.2) is 65.7 Å². The highest BCUT2D eigenvalue weighted by Gasteiger charge is 2.27. The molecule has 0 spiro atoms. The summed E-state index contributed by atoms with van der Waals surface area (Å²) in [6, 6.07) is 0. The first-order valence-corrected chi connectivity index (χ1v) is 15.0. The van der Waals surface area contributed by atoms with Crippen LogP contribution in [0.2, 0.25) is 0 Å². The van der Waals surface area contributed by atoms with Gasteiger partial charge in [0.05, 0.1) is 19.8 Å². The molecule has 11 heteroatoms. The minimum atomic E-state index is -4.57. The molecule has 0 aliphatic heterocycles. The third-order valence-electron chi connectivity index (χ3n) is 5.48. The van der Waals surface area contributed by atoms with Gasteiger partial charge in [0, 0.05) is 12.8 Å². The molecule has 3 unspecified atom stereocenters. The molecule has 0 bridgehead atoms. The van der Waals surface area contributed by atoms with Gasteiger partial charge in [-0.15, -0.1) is 0 Å². The molecule has 0 aliphatic rings. The third-order valence-corrected chi connectivity index (χ3v) is 6.43. The zero-order valence-electron chi connectivity index (χ0n) is 22.2. The second kappa shape index (κ2) is 23.1. The number of carbonyl (C=O) groups is 2. The predicted octanol–water partition coefficient (Wildman–Crippen LogP) is 4.82. The third kappa shape index (κ3) is 22.2. The van der Waals surface area contributed by atoms with Gasteiger partial charge >= 0.3 is 19.8 Å². The van der Waals surface area contributed by atoms with Crippen LogP contribution in [0, 0.1) is 0 Å². The van der Waals surface area contributed by atoms with E-state index in [4.69, 9.17) is 19.1 Å². The zero-order chi connectivity index (χ0) is 27.1. The highest BCUT2D eigenvalue weighted by molar-refractivity contribution is 7.47. The number of carbonyl (C=O) groups excluding carboxylic acids is 2. The molecule has 214 valence electrons. The number of phosphoric acid groups is 1. The molecule has 0 saturated heterocycles. The van der Waals surface area contributed by atoms with Crippen molar-refractivity contribution in [1.29, 1.82) is 0 Å². The Morgan fingerprint density at radius 2 is 1.25 bits per heavy atom. The van der Waals surface area contributed by atoms with Gasteiger partial charge in [-0.25, -0.2) is 4.57 Å². The van der Waals surface area contributed by atoms with Crippen LogP contribution in [0.5, 0.6) is 0 Å². The smallest absolute Gasteiger partial charge is 0.462 e. The van der Waals surface area contributed by atoms with Crippen molar-refractivity contribution in [3.05, 3.63) is 0 Å². The van der Waals surface area contributed by atoms with Crippen LogP contribution in [0.3, 0.4) is 0 Å². The Morgan fingerprint density at radius 3 is 1.78 bits per heavy atom. The van der Waals surface area contributed by atoms with Crippen LogP contribution in [0.1, 0.15) is 110 Å². The molecule has 3 atom stereocenters. The van der Waals surface area contributed by atoms with E-state index in [0.29, 0.717) is 12.8 Å². The molecule has 0 amide bonds. The van der Waals surface area contributed by atoms with E-state index < -0.39 is 51.8 Å². The Kier molecular flexibility index (Phi) is 22.5. The van der Waals surface area contributed by atoms with Crippen LogP contribution < -0.4 is 0 Å². The van der Waals surface area contributed by atoms with E-state index in [1.54, 1.807) is 0 Å². The molecule has 0 radical (unpaired) electrons. The number of esters is 2.